The highest BCUT2D eigenvalue weighted by Gasteiger charge is 2.37. The fraction of sp³-hybridized carbons (Fsp3) is 0.286. The second-order valence-electron chi connectivity index (χ2n) is 6.45. The summed E-state index contributed by atoms with van der Waals surface area (Å²) in [6.45, 7) is 3.81. The molecule has 1 unspecified atom stereocenters. The molecular formula is C21H23ClNO6P. The molecule has 7 nitrogen and oxygen atoms in total. The number of phenolic OH excluding ortho intramolecular Hbond substituents is 1. The van der Waals surface area contributed by atoms with Crippen LogP contribution in [0.4, 0.5) is 5.69 Å². The summed E-state index contributed by atoms with van der Waals surface area (Å²) >= 11 is 5.94. The first-order chi connectivity index (χ1) is 14.4. The van der Waals surface area contributed by atoms with E-state index >= 15 is 0 Å². The predicted molar refractivity (Wildman–Crippen MR) is 117 cm³/mol. The topological polar surface area (TPSA) is 98.0 Å². The highest BCUT2D eigenvalue weighted by molar-refractivity contribution is 7.54. The second-order valence-corrected chi connectivity index (χ2v) is 8.83. The third-order valence-electron chi connectivity index (χ3n) is 4.40. The maximum Gasteiger partial charge on any atom is 0.357 e. The molecule has 0 fully saturated rings. The van der Waals surface area contributed by atoms with E-state index in [1.165, 1.54) is 18.2 Å². The number of hydrogen-bond donors (Lipinski definition) is 2. The van der Waals surface area contributed by atoms with Gasteiger partial charge in [-0.05, 0) is 49.2 Å². The minimum atomic E-state index is -3.66. The summed E-state index contributed by atoms with van der Waals surface area (Å²) in [7, 11) is -3.66. The molecule has 1 aromatic heterocycles. The Morgan fingerprint density at radius 3 is 2.50 bits per heavy atom. The zero-order valence-electron chi connectivity index (χ0n) is 16.6. The van der Waals surface area contributed by atoms with Crippen molar-refractivity contribution in [3.05, 3.63) is 70.1 Å². The molecule has 0 aliphatic carbocycles. The van der Waals surface area contributed by atoms with Crippen LogP contribution in [0.3, 0.4) is 0 Å². The van der Waals surface area contributed by atoms with Crippen LogP contribution in [0.25, 0.3) is 11.0 Å². The fourth-order valence-electron chi connectivity index (χ4n) is 3.17. The van der Waals surface area contributed by atoms with E-state index < -0.39 is 19.0 Å². The summed E-state index contributed by atoms with van der Waals surface area (Å²) in [4.78, 5) is 11.8. The molecule has 1 heterocycles. The van der Waals surface area contributed by atoms with Gasteiger partial charge >= 0.3 is 13.2 Å². The van der Waals surface area contributed by atoms with Crippen molar-refractivity contribution in [1.29, 1.82) is 0 Å². The van der Waals surface area contributed by atoms with E-state index in [0.717, 1.165) is 0 Å². The molecule has 2 aromatic carbocycles. The predicted octanol–water partition coefficient (Wildman–Crippen LogP) is 5.61. The molecule has 0 aliphatic rings. The fourth-order valence-corrected chi connectivity index (χ4v) is 5.32. The van der Waals surface area contributed by atoms with Gasteiger partial charge in [-0.25, -0.2) is 4.79 Å². The summed E-state index contributed by atoms with van der Waals surface area (Å²) in [5, 5.41) is 13.8. The molecule has 0 bridgehead atoms. The van der Waals surface area contributed by atoms with Gasteiger partial charge < -0.3 is 23.9 Å². The summed E-state index contributed by atoms with van der Waals surface area (Å²) in [6, 6.07) is 12.9. The van der Waals surface area contributed by atoms with E-state index in [1.807, 2.05) is 0 Å². The van der Waals surface area contributed by atoms with Crippen molar-refractivity contribution in [2.75, 3.05) is 18.5 Å². The number of anilines is 1. The van der Waals surface area contributed by atoms with Crippen LogP contribution in [-0.2, 0) is 19.5 Å². The van der Waals surface area contributed by atoms with Crippen molar-refractivity contribution in [1.82, 2.24) is 0 Å². The molecule has 3 rings (SSSR count). The lowest BCUT2D eigenvalue weighted by molar-refractivity contribution is 0.214. The molecular weight excluding hydrogens is 429 g/mol. The van der Waals surface area contributed by atoms with E-state index in [-0.39, 0.29) is 24.8 Å². The lowest BCUT2D eigenvalue weighted by atomic mass is 10.1. The van der Waals surface area contributed by atoms with E-state index in [4.69, 9.17) is 25.1 Å². The number of aromatic hydroxyl groups is 1. The van der Waals surface area contributed by atoms with Gasteiger partial charge in [0.2, 0.25) is 0 Å². The van der Waals surface area contributed by atoms with Gasteiger partial charge in [0.25, 0.3) is 0 Å². The molecule has 2 N–H and O–H groups in total. The summed E-state index contributed by atoms with van der Waals surface area (Å²) in [5.74, 6) is -0.704. The standard InChI is InChI=1S/C21H23ClNO6P/c1-3-27-30(26,28-4-2)21(14-6-5-7-17(24)10-14)23-16-8-9-18-15(13-22)11-20(25)29-19(18)12-16/h5-12,21,23-24H,3-4,13H2,1-2H3. The Balaban J connectivity index is 2.08. The number of alkyl halides is 1. The smallest absolute Gasteiger partial charge is 0.357 e. The quantitative estimate of drug-likeness (QED) is 0.248. The highest BCUT2D eigenvalue weighted by atomic mass is 35.5. The van der Waals surface area contributed by atoms with E-state index in [1.54, 1.807) is 44.2 Å². The third-order valence-corrected chi connectivity index (χ3v) is 6.98. The van der Waals surface area contributed by atoms with Crippen molar-refractivity contribution < 1.29 is 23.1 Å². The summed E-state index contributed by atoms with van der Waals surface area (Å²) < 4.78 is 30.0. The molecule has 3 aromatic rings. The molecule has 0 saturated heterocycles. The molecule has 0 spiro atoms. The maximum atomic E-state index is 13.6. The number of hydrogen-bond acceptors (Lipinski definition) is 7. The molecule has 0 aliphatic heterocycles. The Labute approximate surface area is 179 Å². The molecule has 0 radical (unpaired) electrons. The molecule has 160 valence electrons. The van der Waals surface area contributed by atoms with Crippen molar-refractivity contribution in [2.24, 2.45) is 0 Å². The first kappa shape index (κ1) is 22.4. The largest absolute Gasteiger partial charge is 0.508 e. The first-order valence-corrected chi connectivity index (χ1v) is 11.6. The third kappa shape index (κ3) is 4.87. The Morgan fingerprint density at radius 1 is 1.13 bits per heavy atom. The van der Waals surface area contributed by atoms with Gasteiger partial charge in [-0.2, -0.15) is 0 Å². The average molecular weight is 452 g/mol. The Bertz CT molecular complexity index is 1120. The number of phenols is 1. The van der Waals surface area contributed by atoms with E-state index in [0.29, 0.717) is 27.8 Å². The van der Waals surface area contributed by atoms with Crippen molar-refractivity contribution in [3.8, 4) is 5.75 Å². The van der Waals surface area contributed by atoms with Gasteiger partial charge in [-0.3, -0.25) is 4.57 Å². The second kappa shape index (κ2) is 9.67. The highest BCUT2D eigenvalue weighted by Crippen LogP contribution is 2.61. The van der Waals surface area contributed by atoms with Crippen molar-refractivity contribution in [3.63, 3.8) is 0 Å². The zero-order valence-corrected chi connectivity index (χ0v) is 18.3. The SMILES string of the molecule is CCOP(=O)(OCC)C(Nc1ccc2c(CCl)cc(=O)oc2c1)c1cccc(O)c1. The molecule has 1 atom stereocenters. The summed E-state index contributed by atoms with van der Waals surface area (Å²) in [5.41, 5.74) is 1.56. The monoisotopic (exact) mass is 451 g/mol. The number of rotatable bonds is 9. The number of benzene rings is 2. The lowest BCUT2D eigenvalue weighted by Crippen LogP contribution is -2.15. The van der Waals surface area contributed by atoms with Crippen LogP contribution < -0.4 is 10.9 Å². The van der Waals surface area contributed by atoms with Gasteiger partial charge in [0, 0.05) is 29.1 Å². The average Bonchev–Trinajstić information content (AvgIpc) is 2.71. The molecule has 9 heteroatoms. The Morgan fingerprint density at radius 2 is 1.87 bits per heavy atom. The maximum absolute atomic E-state index is 13.6. The Hall–Kier alpha value is -2.31. The van der Waals surface area contributed by atoms with Crippen LogP contribution in [0.5, 0.6) is 5.75 Å². The van der Waals surface area contributed by atoms with Crippen molar-refractivity contribution in [2.45, 2.75) is 25.5 Å². The molecule has 0 amide bonds. The van der Waals surface area contributed by atoms with Crippen LogP contribution >= 0.6 is 19.2 Å². The minimum Gasteiger partial charge on any atom is -0.508 e. The lowest BCUT2D eigenvalue weighted by Gasteiger charge is -2.28. The Kier molecular flexibility index (Phi) is 7.21. The van der Waals surface area contributed by atoms with Gasteiger partial charge in [-0.1, -0.05) is 12.1 Å². The van der Waals surface area contributed by atoms with Gasteiger partial charge in [0.05, 0.1) is 13.2 Å². The van der Waals surface area contributed by atoms with Crippen molar-refractivity contribution >= 4 is 35.9 Å². The normalized spacial score (nSPS) is 12.8. The van der Waals surface area contributed by atoms with Gasteiger partial charge in [-0.15, -0.1) is 11.6 Å². The van der Waals surface area contributed by atoms with Gasteiger partial charge in [0.15, 0.2) is 5.78 Å². The van der Waals surface area contributed by atoms with E-state index in [9.17, 15) is 14.5 Å². The summed E-state index contributed by atoms with van der Waals surface area (Å²) in [6.07, 6.45) is 0. The van der Waals surface area contributed by atoms with Crippen LogP contribution in [0.2, 0.25) is 0 Å². The van der Waals surface area contributed by atoms with Crippen LogP contribution in [0.15, 0.2) is 57.7 Å². The molecule has 0 saturated carbocycles. The first-order valence-electron chi connectivity index (χ1n) is 9.47. The number of nitrogens with one attached hydrogen (secondary N) is 1. The zero-order chi connectivity index (χ0) is 21.7. The van der Waals surface area contributed by atoms with Crippen LogP contribution in [-0.4, -0.2) is 18.3 Å². The number of halogens is 1. The van der Waals surface area contributed by atoms with Crippen LogP contribution in [0, 0.1) is 0 Å². The van der Waals surface area contributed by atoms with Gasteiger partial charge in [0.1, 0.15) is 11.3 Å². The van der Waals surface area contributed by atoms with Crippen LogP contribution in [0.1, 0.15) is 30.8 Å². The minimum absolute atomic E-state index is 0.0232. The molecule has 30 heavy (non-hydrogen) atoms. The van der Waals surface area contributed by atoms with E-state index in [2.05, 4.69) is 5.32 Å². The number of fused-ring (bicyclic) bond motifs is 1.